The highest BCUT2D eigenvalue weighted by Crippen LogP contribution is 2.24. The first-order valence-corrected chi connectivity index (χ1v) is 7.33. The van der Waals surface area contributed by atoms with Crippen molar-refractivity contribution in [2.45, 2.75) is 6.10 Å². The fourth-order valence-electron chi connectivity index (χ4n) is 2.40. The second kappa shape index (κ2) is 6.85. The maximum absolute atomic E-state index is 10.5. The number of benzene rings is 3. The van der Waals surface area contributed by atoms with Crippen LogP contribution in [0.4, 0.5) is 0 Å². The molecule has 1 atom stereocenters. The van der Waals surface area contributed by atoms with Crippen molar-refractivity contribution in [3.05, 3.63) is 83.9 Å². The third-order valence-corrected chi connectivity index (χ3v) is 3.58. The molecular weight excluding hydrogens is 286 g/mol. The molecule has 0 aliphatic rings. The molecule has 0 spiro atoms. The summed E-state index contributed by atoms with van der Waals surface area (Å²) in [7, 11) is 0. The van der Waals surface area contributed by atoms with Crippen LogP contribution in [0.5, 0.6) is 0 Å². The Kier molecular flexibility index (Phi) is 4.45. The quantitative estimate of drug-likeness (QED) is 0.441. The van der Waals surface area contributed by atoms with E-state index >= 15 is 0 Å². The van der Waals surface area contributed by atoms with Crippen molar-refractivity contribution in [2.75, 3.05) is 0 Å². The molecule has 4 heteroatoms. The Morgan fingerprint density at radius 3 is 2.43 bits per heavy atom. The molecule has 4 nitrogen and oxygen atoms in total. The lowest BCUT2D eigenvalue weighted by molar-refractivity contribution is 0.247. The first-order chi connectivity index (χ1) is 11.3. The Morgan fingerprint density at radius 1 is 0.913 bits per heavy atom. The molecular formula is C19H17N3O. The van der Waals surface area contributed by atoms with Crippen molar-refractivity contribution in [3.63, 3.8) is 0 Å². The molecule has 0 heterocycles. The molecule has 0 amide bonds. The summed E-state index contributed by atoms with van der Waals surface area (Å²) < 4.78 is 0. The van der Waals surface area contributed by atoms with Crippen LogP contribution in [-0.4, -0.2) is 17.2 Å². The molecule has 0 bridgehead atoms. The van der Waals surface area contributed by atoms with Gasteiger partial charge in [-0.15, -0.1) is 5.10 Å². The molecule has 0 aromatic heterocycles. The van der Waals surface area contributed by atoms with E-state index in [9.17, 15) is 5.11 Å². The molecule has 0 aliphatic heterocycles. The lowest BCUT2D eigenvalue weighted by Crippen LogP contribution is -2.21. The van der Waals surface area contributed by atoms with E-state index in [0.29, 0.717) is 0 Å². The van der Waals surface area contributed by atoms with Crippen molar-refractivity contribution in [1.29, 1.82) is 0 Å². The largest absolute Gasteiger partial charge is 0.383 e. The van der Waals surface area contributed by atoms with E-state index in [-0.39, 0.29) is 5.84 Å². The minimum Gasteiger partial charge on any atom is -0.383 e. The zero-order valence-electron chi connectivity index (χ0n) is 12.5. The summed E-state index contributed by atoms with van der Waals surface area (Å²) in [5.74, 6) is 0.0635. The number of rotatable bonds is 4. The minimum absolute atomic E-state index is 0.0635. The molecule has 3 rings (SSSR count). The topological polar surface area (TPSA) is 71.0 Å². The Balaban J connectivity index is 1.85. The van der Waals surface area contributed by atoms with Crippen molar-refractivity contribution >= 4 is 22.8 Å². The number of nitrogens with zero attached hydrogens (tertiary/aromatic N) is 2. The first kappa shape index (κ1) is 14.9. The zero-order valence-corrected chi connectivity index (χ0v) is 12.5. The van der Waals surface area contributed by atoms with E-state index in [1.165, 1.54) is 0 Å². The molecule has 3 aromatic rings. The van der Waals surface area contributed by atoms with E-state index in [2.05, 4.69) is 10.2 Å². The van der Waals surface area contributed by atoms with Gasteiger partial charge in [0.2, 0.25) is 0 Å². The Hall–Kier alpha value is -2.98. The van der Waals surface area contributed by atoms with Crippen LogP contribution in [-0.2, 0) is 0 Å². The highest BCUT2D eigenvalue weighted by molar-refractivity contribution is 5.93. The van der Waals surface area contributed by atoms with Crippen LogP contribution < -0.4 is 5.73 Å². The third kappa shape index (κ3) is 3.44. The summed E-state index contributed by atoms with van der Waals surface area (Å²) in [4.78, 5) is 0. The SMILES string of the molecule is N/C(=N\N=C\c1ccccc1)C(O)c1cccc2ccccc12. The molecule has 3 aromatic carbocycles. The predicted octanol–water partition coefficient (Wildman–Crippen LogP) is 3.26. The molecule has 3 N–H and O–H groups in total. The maximum Gasteiger partial charge on any atom is 0.156 e. The summed E-state index contributed by atoms with van der Waals surface area (Å²) in [6, 6.07) is 23.1. The van der Waals surface area contributed by atoms with Gasteiger partial charge in [-0.3, -0.25) is 0 Å². The van der Waals surface area contributed by atoms with Gasteiger partial charge in [-0.05, 0) is 21.9 Å². The molecule has 0 radical (unpaired) electrons. The molecule has 1 unspecified atom stereocenters. The van der Waals surface area contributed by atoms with Crippen molar-refractivity contribution in [3.8, 4) is 0 Å². The second-order valence-electron chi connectivity index (χ2n) is 5.15. The average Bonchev–Trinajstić information content (AvgIpc) is 2.61. The van der Waals surface area contributed by atoms with Gasteiger partial charge in [0.25, 0.3) is 0 Å². The normalized spacial score (nSPS) is 13.5. The third-order valence-electron chi connectivity index (χ3n) is 3.58. The van der Waals surface area contributed by atoms with E-state index in [1.54, 1.807) is 6.21 Å². The standard InChI is InChI=1S/C19H17N3O/c20-19(22-21-13-14-7-2-1-3-8-14)18(23)17-12-6-10-15-9-4-5-11-16(15)17/h1-13,18,23H,(H2,20,22)/b21-13+. The Labute approximate surface area is 134 Å². The highest BCUT2D eigenvalue weighted by atomic mass is 16.3. The van der Waals surface area contributed by atoms with Gasteiger partial charge in [0.15, 0.2) is 5.84 Å². The van der Waals surface area contributed by atoms with Gasteiger partial charge in [-0.25, -0.2) is 0 Å². The molecule has 0 aliphatic carbocycles. The molecule has 23 heavy (non-hydrogen) atoms. The van der Waals surface area contributed by atoms with Gasteiger partial charge in [0.05, 0.1) is 6.21 Å². The summed E-state index contributed by atoms with van der Waals surface area (Å²) in [6.07, 6.45) is 0.608. The van der Waals surface area contributed by atoms with Crippen LogP contribution >= 0.6 is 0 Å². The summed E-state index contributed by atoms with van der Waals surface area (Å²) in [6.45, 7) is 0. The summed E-state index contributed by atoms with van der Waals surface area (Å²) in [5.41, 5.74) is 7.53. The Morgan fingerprint density at radius 2 is 1.61 bits per heavy atom. The Bertz CT molecular complexity index is 851. The van der Waals surface area contributed by atoms with Gasteiger partial charge < -0.3 is 10.8 Å². The van der Waals surface area contributed by atoms with Crippen LogP contribution in [0.15, 0.2) is 83.0 Å². The van der Waals surface area contributed by atoms with Crippen LogP contribution in [0.1, 0.15) is 17.2 Å². The van der Waals surface area contributed by atoms with E-state index in [0.717, 1.165) is 21.9 Å². The molecule has 114 valence electrons. The number of nitrogens with two attached hydrogens (primary N) is 1. The van der Waals surface area contributed by atoms with Crippen LogP contribution in [0.2, 0.25) is 0 Å². The predicted molar refractivity (Wildman–Crippen MR) is 94.6 cm³/mol. The molecule has 0 fully saturated rings. The average molecular weight is 303 g/mol. The first-order valence-electron chi connectivity index (χ1n) is 7.33. The van der Waals surface area contributed by atoms with Crippen molar-refractivity contribution in [1.82, 2.24) is 0 Å². The number of hydrogen-bond donors (Lipinski definition) is 2. The summed E-state index contributed by atoms with van der Waals surface area (Å²) in [5, 5.41) is 20.3. The van der Waals surface area contributed by atoms with E-state index in [1.807, 2.05) is 72.8 Å². The van der Waals surface area contributed by atoms with Crippen molar-refractivity contribution in [2.24, 2.45) is 15.9 Å². The van der Waals surface area contributed by atoms with E-state index in [4.69, 9.17) is 5.73 Å². The number of fused-ring (bicyclic) bond motifs is 1. The zero-order chi connectivity index (χ0) is 16.1. The molecule has 0 saturated heterocycles. The lowest BCUT2D eigenvalue weighted by atomic mass is 10.00. The van der Waals surface area contributed by atoms with Gasteiger partial charge in [0.1, 0.15) is 6.10 Å². The maximum atomic E-state index is 10.5. The van der Waals surface area contributed by atoms with Gasteiger partial charge in [-0.2, -0.15) is 5.10 Å². The van der Waals surface area contributed by atoms with Gasteiger partial charge in [0, 0.05) is 0 Å². The van der Waals surface area contributed by atoms with Gasteiger partial charge in [-0.1, -0.05) is 72.8 Å². The summed E-state index contributed by atoms with van der Waals surface area (Å²) >= 11 is 0. The smallest absolute Gasteiger partial charge is 0.156 e. The van der Waals surface area contributed by atoms with Crippen molar-refractivity contribution < 1.29 is 5.11 Å². The molecule has 0 saturated carbocycles. The second-order valence-corrected chi connectivity index (χ2v) is 5.15. The highest BCUT2D eigenvalue weighted by Gasteiger charge is 2.14. The van der Waals surface area contributed by atoms with Crippen LogP contribution in [0, 0.1) is 0 Å². The number of aliphatic hydroxyl groups excluding tert-OH is 1. The number of amidine groups is 1. The fraction of sp³-hybridized carbons (Fsp3) is 0.0526. The minimum atomic E-state index is -0.992. The number of aliphatic hydroxyl groups is 1. The lowest BCUT2D eigenvalue weighted by Gasteiger charge is -2.12. The van der Waals surface area contributed by atoms with Crippen LogP contribution in [0.25, 0.3) is 10.8 Å². The fourth-order valence-corrected chi connectivity index (χ4v) is 2.40. The van der Waals surface area contributed by atoms with Gasteiger partial charge >= 0.3 is 0 Å². The number of hydrogen-bond acceptors (Lipinski definition) is 3. The van der Waals surface area contributed by atoms with Crippen LogP contribution in [0.3, 0.4) is 0 Å². The monoisotopic (exact) mass is 303 g/mol. The van der Waals surface area contributed by atoms with E-state index < -0.39 is 6.10 Å².